The second kappa shape index (κ2) is 5.19. The van der Waals surface area contributed by atoms with E-state index < -0.39 is 5.97 Å². The molecule has 0 aliphatic carbocycles. The zero-order valence-corrected chi connectivity index (χ0v) is 9.67. The van der Waals surface area contributed by atoms with E-state index in [2.05, 4.69) is 4.90 Å². The van der Waals surface area contributed by atoms with Gasteiger partial charge in [-0.25, -0.2) is 4.79 Å². The van der Waals surface area contributed by atoms with Crippen LogP contribution in [0.2, 0.25) is 0 Å². The molecule has 1 aromatic rings. The fourth-order valence-electron chi connectivity index (χ4n) is 2.40. The van der Waals surface area contributed by atoms with Gasteiger partial charge in [0.2, 0.25) is 0 Å². The lowest BCUT2D eigenvalue weighted by molar-refractivity contribution is 0.0697. The zero-order valence-electron chi connectivity index (χ0n) is 9.67. The second-order valence-corrected chi connectivity index (χ2v) is 4.44. The highest BCUT2D eigenvalue weighted by Gasteiger charge is 2.24. The summed E-state index contributed by atoms with van der Waals surface area (Å²) in [6.45, 7) is 1.92. The maximum atomic E-state index is 11.1. The molecule has 1 unspecified atom stereocenters. The number of nitrogens with zero attached hydrogens (tertiary/aromatic N) is 1. The zero-order chi connectivity index (χ0) is 12.3. The summed E-state index contributed by atoms with van der Waals surface area (Å²) >= 11 is 0. The number of rotatable bonds is 4. The lowest BCUT2D eigenvalue weighted by atomic mass is 10.1. The van der Waals surface area contributed by atoms with Crippen LogP contribution in [0.1, 0.15) is 23.2 Å². The molecule has 0 saturated carbocycles. The second-order valence-electron chi connectivity index (χ2n) is 4.44. The Labute approximate surface area is 100 Å². The molecule has 1 aliphatic heterocycles. The molecule has 1 heterocycles. The van der Waals surface area contributed by atoms with Gasteiger partial charge in [0.1, 0.15) is 0 Å². The number of aliphatic hydroxyl groups is 1. The van der Waals surface area contributed by atoms with Gasteiger partial charge >= 0.3 is 5.97 Å². The van der Waals surface area contributed by atoms with Crippen LogP contribution in [-0.4, -0.2) is 35.9 Å². The number of hydrogen-bond donors (Lipinski definition) is 2. The molecular formula is C13H17NO3. The Morgan fingerprint density at radius 2 is 2.18 bits per heavy atom. The summed E-state index contributed by atoms with van der Waals surface area (Å²) in [5.74, 6) is -0.409. The van der Waals surface area contributed by atoms with Crippen LogP contribution >= 0.6 is 0 Å². The van der Waals surface area contributed by atoms with Crippen molar-refractivity contribution in [3.8, 4) is 0 Å². The van der Waals surface area contributed by atoms with Gasteiger partial charge in [-0.2, -0.15) is 0 Å². The number of benzene rings is 1. The number of aliphatic hydroxyl groups excluding tert-OH is 1. The van der Waals surface area contributed by atoms with E-state index in [0.717, 1.165) is 31.6 Å². The molecule has 17 heavy (non-hydrogen) atoms. The summed E-state index contributed by atoms with van der Waals surface area (Å²) < 4.78 is 0. The van der Waals surface area contributed by atoms with Crippen LogP contribution in [0, 0.1) is 5.92 Å². The van der Waals surface area contributed by atoms with Crippen LogP contribution in [0.25, 0.3) is 0 Å². The Kier molecular flexibility index (Phi) is 3.64. The van der Waals surface area contributed by atoms with Gasteiger partial charge in [-0.05, 0) is 30.9 Å². The van der Waals surface area contributed by atoms with Crippen molar-refractivity contribution in [3.05, 3.63) is 29.8 Å². The van der Waals surface area contributed by atoms with Gasteiger partial charge < -0.3 is 15.1 Å². The van der Waals surface area contributed by atoms with Crippen LogP contribution in [0.4, 0.5) is 5.69 Å². The highest BCUT2D eigenvalue weighted by molar-refractivity contribution is 5.94. The Balaban J connectivity index is 2.16. The van der Waals surface area contributed by atoms with Gasteiger partial charge in [0, 0.05) is 19.7 Å². The Morgan fingerprint density at radius 3 is 2.88 bits per heavy atom. The number of carboxylic acid groups (broad SMARTS) is 1. The van der Waals surface area contributed by atoms with Crippen molar-refractivity contribution in [3.63, 3.8) is 0 Å². The maximum absolute atomic E-state index is 11.1. The SMILES string of the molecule is O=C(O)c1ccccc1N1CCC(CCO)C1. The molecule has 1 atom stereocenters. The molecule has 2 rings (SSSR count). The van der Waals surface area contributed by atoms with Crippen LogP contribution in [-0.2, 0) is 0 Å². The third-order valence-corrected chi connectivity index (χ3v) is 3.30. The van der Waals surface area contributed by atoms with Gasteiger partial charge in [0.25, 0.3) is 0 Å². The Morgan fingerprint density at radius 1 is 1.41 bits per heavy atom. The third kappa shape index (κ3) is 2.58. The number of hydrogen-bond acceptors (Lipinski definition) is 3. The van der Waals surface area contributed by atoms with Crippen molar-refractivity contribution in [1.29, 1.82) is 0 Å². The predicted octanol–water partition coefficient (Wildman–Crippen LogP) is 1.59. The maximum Gasteiger partial charge on any atom is 0.337 e. The number of carboxylic acids is 1. The molecule has 2 N–H and O–H groups in total. The molecule has 1 fully saturated rings. The van der Waals surface area contributed by atoms with Crippen LogP contribution in [0.3, 0.4) is 0 Å². The molecular weight excluding hydrogens is 218 g/mol. The van der Waals surface area contributed by atoms with E-state index in [9.17, 15) is 4.79 Å². The first-order valence-corrected chi connectivity index (χ1v) is 5.90. The van der Waals surface area contributed by atoms with Crippen molar-refractivity contribution in [2.24, 2.45) is 5.92 Å². The first kappa shape index (κ1) is 11.9. The first-order valence-electron chi connectivity index (χ1n) is 5.90. The Hall–Kier alpha value is -1.55. The highest BCUT2D eigenvalue weighted by atomic mass is 16.4. The smallest absolute Gasteiger partial charge is 0.337 e. The molecule has 0 aromatic heterocycles. The monoisotopic (exact) mass is 235 g/mol. The molecule has 1 saturated heterocycles. The van der Waals surface area contributed by atoms with Crippen molar-refractivity contribution in [2.75, 3.05) is 24.6 Å². The average molecular weight is 235 g/mol. The van der Waals surface area contributed by atoms with Gasteiger partial charge in [-0.1, -0.05) is 12.1 Å². The molecule has 1 aliphatic rings. The fourth-order valence-corrected chi connectivity index (χ4v) is 2.40. The largest absolute Gasteiger partial charge is 0.478 e. The van der Waals surface area contributed by atoms with Gasteiger partial charge in [-0.3, -0.25) is 0 Å². The quantitative estimate of drug-likeness (QED) is 0.832. The van der Waals surface area contributed by atoms with E-state index in [1.807, 2.05) is 12.1 Å². The van der Waals surface area contributed by atoms with Crippen molar-refractivity contribution >= 4 is 11.7 Å². The summed E-state index contributed by atoms with van der Waals surface area (Å²) in [4.78, 5) is 13.2. The topological polar surface area (TPSA) is 60.8 Å². The fraction of sp³-hybridized carbons (Fsp3) is 0.462. The Bertz CT molecular complexity index is 405. The molecule has 0 spiro atoms. The minimum atomic E-state index is -0.883. The number of aromatic carboxylic acids is 1. The molecule has 4 heteroatoms. The summed E-state index contributed by atoms with van der Waals surface area (Å²) in [6, 6.07) is 7.09. The minimum Gasteiger partial charge on any atom is -0.478 e. The summed E-state index contributed by atoms with van der Waals surface area (Å²) in [5, 5.41) is 18.0. The highest BCUT2D eigenvalue weighted by Crippen LogP contribution is 2.28. The lowest BCUT2D eigenvalue weighted by Gasteiger charge is -2.20. The van der Waals surface area contributed by atoms with Crippen LogP contribution in [0.15, 0.2) is 24.3 Å². The molecule has 0 bridgehead atoms. The first-order chi connectivity index (χ1) is 8.22. The molecule has 0 radical (unpaired) electrons. The van der Waals surface area contributed by atoms with E-state index in [1.165, 1.54) is 0 Å². The molecule has 4 nitrogen and oxygen atoms in total. The number of carbonyl (C=O) groups is 1. The summed E-state index contributed by atoms with van der Waals surface area (Å²) in [7, 11) is 0. The molecule has 1 aromatic carbocycles. The van der Waals surface area contributed by atoms with E-state index in [-0.39, 0.29) is 6.61 Å². The summed E-state index contributed by atoms with van der Waals surface area (Å²) in [5.41, 5.74) is 1.15. The predicted molar refractivity (Wildman–Crippen MR) is 65.4 cm³/mol. The molecule has 0 amide bonds. The van der Waals surface area contributed by atoms with Gasteiger partial charge in [0.05, 0.1) is 11.3 Å². The van der Waals surface area contributed by atoms with E-state index in [1.54, 1.807) is 12.1 Å². The number of para-hydroxylation sites is 1. The van der Waals surface area contributed by atoms with Crippen molar-refractivity contribution in [2.45, 2.75) is 12.8 Å². The van der Waals surface area contributed by atoms with Crippen LogP contribution < -0.4 is 4.90 Å². The standard InChI is InChI=1S/C13H17NO3/c15-8-6-10-5-7-14(9-10)12-4-2-1-3-11(12)13(16)17/h1-4,10,15H,5-9H2,(H,16,17). The van der Waals surface area contributed by atoms with E-state index >= 15 is 0 Å². The average Bonchev–Trinajstić information content (AvgIpc) is 2.78. The lowest BCUT2D eigenvalue weighted by Crippen LogP contribution is -2.22. The third-order valence-electron chi connectivity index (χ3n) is 3.30. The minimum absolute atomic E-state index is 0.207. The number of anilines is 1. The van der Waals surface area contributed by atoms with E-state index in [0.29, 0.717) is 11.5 Å². The van der Waals surface area contributed by atoms with Crippen LogP contribution in [0.5, 0.6) is 0 Å². The molecule has 92 valence electrons. The van der Waals surface area contributed by atoms with E-state index in [4.69, 9.17) is 10.2 Å². The van der Waals surface area contributed by atoms with Crippen molar-refractivity contribution < 1.29 is 15.0 Å². The van der Waals surface area contributed by atoms with Gasteiger partial charge in [0.15, 0.2) is 0 Å². The van der Waals surface area contributed by atoms with Crippen molar-refractivity contribution in [1.82, 2.24) is 0 Å². The summed E-state index contributed by atoms with van der Waals surface area (Å²) in [6.07, 6.45) is 1.82. The van der Waals surface area contributed by atoms with Gasteiger partial charge in [-0.15, -0.1) is 0 Å². The normalized spacial score (nSPS) is 19.6.